The molecular formula is C21H44N2O. The summed E-state index contributed by atoms with van der Waals surface area (Å²) in [6.45, 7) is 7.73. The van der Waals surface area contributed by atoms with Crippen LogP contribution >= 0.6 is 0 Å². The van der Waals surface area contributed by atoms with Gasteiger partial charge in [0.2, 0.25) is 5.91 Å². The van der Waals surface area contributed by atoms with Crippen LogP contribution in [0.3, 0.4) is 0 Å². The van der Waals surface area contributed by atoms with Gasteiger partial charge in [0.1, 0.15) is 0 Å². The van der Waals surface area contributed by atoms with Crippen molar-refractivity contribution in [2.75, 3.05) is 13.1 Å². The van der Waals surface area contributed by atoms with Gasteiger partial charge >= 0.3 is 0 Å². The van der Waals surface area contributed by atoms with Crippen LogP contribution in [0, 0.1) is 5.41 Å². The maximum absolute atomic E-state index is 12.1. The number of carbonyl (C=O) groups is 1. The quantitative estimate of drug-likeness (QED) is 0.340. The molecule has 144 valence electrons. The van der Waals surface area contributed by atoms with E-state index in [1.54, 1.807) is 0 Å². The van der Waals surface area contributed by atoms with E-state index in [1.165, 1.54) is 70.6 Å². The maximum atomic E-state index is 12.1. The Morgan fingerprint density at radius 3 is 1.71 bits per heavy atom. The molecule has 3 nitrogen and oxygen atoms in total. The van der Waals surface area contributed by atoms with Gasteiger partial charge in [-0.15, -0.1) is 0 Å². The molecule has 3 N–H and O–H groups in total. The first-order valence-electron chi connectivity index (χ1n) is 10.5. The van der Waals surface area contributed by atoms with E-state index in [1.807, 2.05) is 0 Å². The molecule has 0 aromatic carbocycles. The molecule has 0 rings (SSSR count). The molecule has 0 aliphatic carbocycles. The molecule has 0 fully saturated rings. The molecule has 0 aliphatic rings. The van der Waals surface area contributed by atoms with Crippen molar-refractivity contribution >= 4 is 5.91 Å². The first-order chi connectivity index (χ1) is 11.5. The van der Waals surface area contributed by atoms with Gasteiger partial charge in [0, 0.05) is 12.0 Å². The van der Waals surface area contributed by atoms with E-state index in [0.717, 1.165) is 19.3 Å². The molecule has 0 saturated carbocycles. The van der Waals surface area contributed by atoms with Crippen LogP contribution in [0.15, 0.2) is 0 Å². The van der Waals surface area contributed by atoms with E-state index in [0.29, 0.717) is 13.1 Å². The number of unbranched alkanes of at least 4 members (excludes halogenated alkanes) is 11. The summed E-state index contributed by atoms with van der Waals surface area (Å²) in [4.78, 5) is 12.1. The van der Waals surface area contributed by atoms with Crippen molar-refractivity contribution < 1.29 is 4.79 Å². The standard InChI is InChI=1S/C21H44N2O/c1-4-5-6-7-8-9-10-11-12-13-14-15-17-21(2,3)20(24)23-19-16-18-22/h4-19,22H2,1-3H3,(H,23,24). The van der Waals surface area contributed by atoms with Crippen LogP contribution in [0.4, 0.5) is 0 Å². The molecular weight excluding hydrogens is 296 g/mol. The largest absolute Gasteiger partial charge is 0.356 e. The van der Waals surface area contributed by atoms with E-state index < -0.39 is 0 Å². The van der Waals surface area contributed by atoms with Gasteiger partial charge < -0.3 is 11.1 Å². The highest BCUT2D eigenvalue weighted by atomic mass is 16.2. The smallest absolute Gasteiger partial charge is 0.225 e. The van der Waals surface area contributed by atoms with Gasteiger partial charge in [-0.25, -0.2) is 0 Å². The molecule has 0 saturated heterocycles. The lowest BCUT2D eigenvalue weighted by molar-refractivity contribution is -0.129. The Labute approximate surface area is 151 Å². The van der Waals surface area contributed by atoms with Crippen molar-refractivity contribution in [3.8, 4) is 0 Å². The van der Waals surface area contributed by atoms with E-state index in [2.05, 4.69) is 26.1 Å². The van der Waals surface area contributed by atoms with Crippen molar-refractivity contribution in [3.63, 3.8) is 0 Å². The minimum Gasteiger partial charge on any atom is -0.356 e. The van der Waals surface area contributed by atoms with Crippen LogP contribution in [0.2, 0.25) is 0 Å². The lowest BCUT2D eigenvalue weighted by Crippen LogP contribution is -2.37. The van der Waals surface area contributed by atoms with Crippen LogP contribution in [-0.4, -0.2) is 19.0 Å². The van der Waals surface area contributed by atoms with Gasteiger partial charge in [-0.1, -0.05) is 97.8 Å². The molecule has 0 atom stereocenters. The summed E-state index contributed by atoms with van der Waals surface area (Å²) in [5, 5.41) is 3.00. The Bertz CT molecular complexity index is 290. The highest BCUT2D eigenvalue weighted by Gasteiger charge is 2.26. The summed E-state index contributed by atoms with van der Waals surface area (Å²) >= 11 is 0. The van der Waals surface area contributed by atoms with Crippen molar-refractivity contribution in [1.29, 1.82) is 0 Å². The number of hydrogen-bond donors (Lipinski definition) is 2. The third-order valence-electron chi connectivity index (χ3n) is 4.94. The minimum absolute atomic E-state index is 0.180. The molecule has 1 amide bonds. The highest BCUT2D eigenvalue weighted by molar-refractivity contribution is 5.81. The molecule has 0 aromatic heterocycles. The van der Waals surface area contributed by atoms with Gasteiger partial charge in [-0.2, -0.15) is 0 Å². The number of nitrogens with one attached hydrogen (secondary N) is 1. The van der Waals surface area contributed by atoms with Gasteiger partial charge in [0.25, 0.3) is 0 Å². The zero-order valence-electron chi connectivity index (χ0n) is 16.8. The Morgan fingerprint density at radius 2 is 1.25 bits per heavy atom. The average Bonchev–Trinajstić information content (AvgIpc) is 2.56. The lowest BCUT2D eigenvalue weighted by Gasteiger charge is -2.23. The predicted molar refractivity (Wildman–Crippen MR) is 106 cm³/mol. The molecule has 0 unspecified atom stereocenters. The van der Waals surface area contributed by atoms with Gasteiger partial charge in [-0.05, 0) is 19.4 Å². The molecule has 0 bridgehead atoms. The number of nitrogens with two attached hydrogens (primary N) is 1. The zero-order chi connectivity index (χ0) is 18.1. The SMILES string of the molecule is CCCCCCCCCCCCCCC(C)(C)C(=O)NCCCN. The second kappa shape index (κ2) is 15.9. The number of rotatable bonds is 17. The number of hydrogen-bond acceptors (Lipinski definition) is 2. The monoisotopic (exact) mass is 340 g/mol. The topological polar surface area (TPSA) is 55.1 Å². The Morgan fingerprint density at radius 1 is 0.792 bits per heavy atom. The van der Waals surface area contributed by atoms with Crippen LogP contribution in [0.1, 0.15) is 111 Å². The van der Waals surface area contributed by atoms with E-state index in [-0.39, 0.29) is 11.3 Å². The Kier molecular flexibility index (Phi) is 15.6. The summed E-state index contributed by atoms with van der Waals surface area (Å²) in [7, 11) is 0. The Hall–Kier alpha value is -0.570. The van der Waals surface area contributed by atoms with Gasteiger partial charge in [-0.3, -0.25) is 4.79 Å². The summed E-state index contributed by atoms with van der Waals surface area (Å²) in [5.41, 5.74) is 5.21. The predicted octanol–water partition coefficient (Wildman–Crippen LogP) is 5.57. The molecule has 24 heavy (non-hydrogen) atoms. The van der Waals surface area contributed by atoms with Crippen molar-refractivity contribution in [3.05, 3.63) is 0 Å². The van der Waals surface area contributed by atoms with E-state index in [9.17, 15) is 4.79 Å². The third-order valence-corrected chi connectivity index (χ3v) is 4.94. The van der Waals surface area contributed by atoms with Crippen LogP contribution in [0.5, 0.6) is 0 Å². The molecule has 0 heterocycles. The van der Waals surface area contributed by atoms with Gasteiger partial charge in [0.15, 0.2) is 0 Å². The molecule has 0 aliphatic heterocycles. The molecule has 0 aromatic rings. The lowest BCUT2D eigenvalue weighted by atomic mass is 9.85. The summed E-state index contributed by atoms with van der Waals surface area (Å²) in [6, 6.07) is 0. The zero-order valence-corrected chi connectivity index (χ0v) is 16.8. The van der Waals surface area contributed by atoms with Crippen molar-refractivity contribution in [2.45, 2.75) is 111 Å². The first-order valence-corrected chi connectivity index (χ1v) is 10.5. The Balaban J connectivity index is 3.43. The summed E-state index contributed by atoms with van der Waals surface area (Å²) < 4.78 is 0. The second-order valence-electron chi connectivity index (χ2n) is 7.92. The average molecular weight is 341 g/mol. The second-order valence-corrected chi connectivity index (χ2v) is 7.92. The first kappa shape index (κ1) is 23.4. The van der Waals surface area contributed by atoms with Crippen molar-refractivity contribution in [2.24, 2.45) is 11.1 Å². The molecule has 0 spiro atoms. The third kappa shape index (κ3) is 13.8. The normalized spacial score (nSPS) is 11.7. The van der Waals surface area contributed by atoms with Crippen LogP contribution in [0.25, 0.3) is 0 Å². The highest BCUT2D eigenvalue weighted by Crippen LogP contribution is 2.24. The van der Waals surface area contributed by atoms with Crippen LogP contribution in [-0.2, 0) is 4.79 Å². The van der Waals surface area contributed by atoms with E-state index >= 15 is 0 Å². The van der Waals surface area contributed by atoms with E-state index in [4.69, 9.17) is 5.73 Å². The van der Waals surface area contributed by atoms with Crippen molar-refractivity contribution in [1.82, 2.24) is 5.32 Å². The number of carbonyl (C=O) groups excluding carboxylic acids is 1. The summed E-state index contributed by atoms with van der Waals surface area (Å²) in [6.07, 6.45) is 18.2. The van der Waals surface area contributed by atoms with Gasteiger partial charge in [0.05, 0.1) is 0 Å². The maximum Gasteiger partial charge on any atom is 0.225 e. The fourth-order valence-electron chi connectivity index (χ4n) is 3.06. The number of amides is 1. The summed E-state index contributed by atoms with van der Waals surface area (Å²) in [5.74, 6) is 0.180. The fourth-order valence-corrected chi connectivity index (χ4v) is 3.06. The minimum atomic E-state index is -0.243. The van der Waals surface area contributed by atoms with Crippen LogP contribution < -0.4 is 11.1 Å². The molecule has 3 heteroatoms. The fraction of sp³-hybridized carbons (Fsp3) is 0.952. The molecule has 0 radical (unpaired) electrons.